The van der Waals surface area contributed by atoms with Crippen LogP contribution in [0.2, 0.25) is 5.02 Å². The summed E-state index contributed by atoms with van der Waals surface area (Å²) in [5, 5.41) is 3.81. The lowest BCUT2D eigenvalue weighted by Crippen LogP contribution is -2.01. The quantitative estimate of drug-likeness (QED) is 0.410. The number of halogens is 1. The minimum atomic E-state index is -0.0734. The maximum atomic E-state index is 12.2. The van der Waals surface area contributed by atoms with E-state index in [2.05, 4.69) is 5.32 Å². The molecule has 0 radical (unpaired) electrons. The highest BCUT2D eigenvalue weighted by Gasteiger charge is 2.04. The van der Waals surface area contributed by atoms with Crippen molar-refractivity contribution >= 4 is 23.1 Å². The Kier molecular flexibility index (Phi) is 5.72. The van der Waals surface area contributed by atoms with E-state index in [0.29, 0.717) is 10.6 Å². The van der Waals surface area contributed by atoms with E-state index in [0.717, 1.165) is 22.9 Å². The van der Waals surface area contributed by atoms with Gasteiger partial charge in [-0.3, -0.25) is 4.79 Å². The summed E-state index contributed by atoms with van der Waals surface area (Å²) >= 11 is 5.84. The molecule has 3 nitrogen and oxygen atoms in total. The molecule has 0 bridgehead atoms. The molecule has 0 amide bonds. The predicted molar refractivity (Wildman–Crippen MR) is 106 cm³/mol. The van der Waals surface area contributed by atoms with Gasteiger partial charge in [-0.05, 0) is 67.6 Å². The zero-order valence-electron chi connectivity index (χ0n) is 14.3. The molecule has 4 heteroatoms. The molecule has 1 N–H and O–H groups in total. The number of para-hydroxylation sites is 1. The number of benzene rings is 3. The van der Waals surface area contributed by atoms with Crippen molar-refractivity contribution in [3.63, 3.8) is 0 Å². The number of ether oxygens (including phenoxy) is 1. The molecule has 0 fully saturated rings. The zero-order valence-corrected chi connectivity index (χ0v) is 15.0. The number of anilines is 1. The van der Waals surface area contributed by atoms with Crippen LogP contribution in [0.1, 0.15) is 17.3 Å². The van der Waals surface area contributed by atoms with Crippen LogP contribution in [0.3, 0.4) is 0 Å². The molecule has 0 saturated heterocycles. The molecule has 3 aromatic rings. The van der Waals surface area contributed by atoms with Crippen molar-refractivity contribution in [2.24, 2.45) is 0 Å². The highest BCUT2D eigenvalue weighted by atomic mass is 35.5. The van der Waals surface area contributed by atoms with Gasteiger partial charge in [0.15, 0.2) is 5.78 Å². The fourth-order valence-corrected chi connectivity index (χ4v) is 2.51. The van der Waals surface area contributed by atoms with E-state index in [1.165, 1.54) is 0 Å². The van der Waals surface area contributed by atoms with Gasteiger partial charge in [0.25, 0.3) is 0 Å². The van der Waals surface area contributed by atoms with Gasteiger partial charge in [-0.1, -0.05) is 29.8 Å². The van der Waals surface area contributed by atoms with E-state index in [1.54, 1.807) is 30.3 Å². The number of ketones is 1. The SMILES string of the molecule is C/C(=C\C(=O)c1ccc(Cl)cc1)Nc1ccc(Oc2ccccc2)cc1. The van der Waals surface area contributed by atoms with Gasteiger partial charge in [-0.2, -0.15) is 0 Å². The van der Waals surface area contributed by atoms with Gasteiger partial charge >= 0.3 is 0 Å². The third kappa shape index (κ3) is 4.98. The smallest absolute Gasteiger partial charge is 0.187 e. The van der Waals surface area contributed by atoms with Crippen LogP contribution in [-0.4, -0.2) is 5.78 Å². The zero-order chi connectivity index (χ0) is 18.4. The fraction of sp³-hybridized carbons (Fsp3) is 0.0455. The topological polar surface area (TPSA) is 38.3 Å². The van der Waals surface area contributed by atoms with Crippen molar-refractivity contribution in [1.82, 2.24) is 0 Å². The minimum absolute atomic E-state index is 0.0734. The van der Waals surface area contributed by atoms with Gasteiger partial charge in [-0.25, -0.2) is 0 Å². The molecule has 3 rings (SSSR count). The van der Waals surface area contributed by atoms with Crippen LogP contribution < -0.4 is 10.1 Å². The average molecular weight is 364 g/mol. The summed E-state index contributed by atoms with van der Waals surface area (Å²) < 4.78 is 5.76. The van der Waals surface area contributed by atoms with Gasteiger partial charge in [0.05, 0.1) is 0 Å². The summed E-state index contributed by atoms with van der Waals surface area (Å²) in [6.07, 6.45) is 1.57. The predicted octanol–water partition coefficient (Wildman–Crippen LogP) is 6.33. The van der Waals surface area contributed by atoms with Crippen molar-refractivity contribution in [3.8, 4) is 11.5 Å². The Balaban J connectivity index is 1.62. The number of nitrogens with one attached hydrogen (secondary N) is 1. The number of carbonyl (C=O) groups is 1. The second-order valence-corrected chi connectivity index (χ2v) is 6.20. The summed E-state index contributed by atoms with van der Waals surface area (Å²) in [7, 11) is 0. The van der Waals surface area contributed by atoms with E-state index >= 15 is 0 Å². The Bertz CT molecular complexity index is 901. The number of rotatable bonds is 6. The third-order valence-corrected chi connectivity index (χ3v) is 3.90. The molecule has 0 spiro atoms. The first-order valence-electron chi connectivity index (χ1n) is 8.18. The van der Waals surface area contributed by atoms with Crippen LogP contribution in [0, 0.1) is 0 Å². The maximum Gasteiger partial charge on any atom is 0.187 e. The van der Waals surface area contributed by atoms with Crippen molar-refractivity contribution in [2.75, 3.05) is 5.32 Å². The number of hydrogen-bond donors (Lipinski definition) is 1. The lowest BCUT2D eigenvalue weighted by molar-refractivity contribution is 0.104. The van der Waals surface area contributed by atoms with Crippen molar-refractivity contribution in [1.29, 1.82) is 0 Å². The summed E-state index contributed by atoms with van der Waals surface area (Å²) in [4.78, 5) is 12.2. The van der Waals surface area contributed by atoms with Gasteiger partial charge < -0.3 is 10.1 Å². The second-order valence-electron chi connectivity index (χ2n) is 5.76. The molecule has 0 unspecified atom stereocenters. The highest BCUT2D eigenvalue weighted by Crippen LogP contribution is 2.23. The molecule has 0 saturated carbocycles. The molecule has 0 aromatic heterocycles. The van der Waals surface area contributed by atoms with Crippen LogP contribution >= 0.6 is 11.6 Å². The van der Waals surface area contributed by atoms with Crippen LogP contribution in [-0.2, 0) is 0 Å². The fourth-order valence-electron chi connectivity index (χ4n) is 2.39. The van der Waals surface area contributed by atoms with Crippen molar-refractivity contribution in [2.45, 2.75) is 6.92 Å². The Morgan fingerprint density at radius 3 is 2.15 bits per heavy atom. The second kappa shape index (κ2) is 8.37. The molecule has 26 heavy (non-hydrogen) atoms. The number of hydrogen-bond acceptors (Lipinski definition) is 3. The van der Waals surface area contributed by atoms with E-state index in [9.17, 15) is 4.79 Å². The monoisotopic (exact) mass is 363 g/mol. The lowest BCUT2D eigenvalue weighted by Gasteiger charge is -2.09. The number of allylic oxidation sites excluding steroid dienone is 2. The third-order valence-electron chi connectivity index (χ3n) is 3.65. The first-order valence-corrected chi connectivity index (χ1v) is 8.56. The summed E-state index contributed by atoms with van der Waals surface area (Å²) in [5.41, 5.74) is 2.23. The van der Waals surface area contributed by atoms with Crippen LogP contribution in [0.25, 0.3) is 0 Å². The van der Waals surface area contributed by atoms with E-state index < -0.39 is 0 Å². The first-order chi connectivity index (χ1) is 12.6. The van der Waals surface area contributed by atoms with Gasteiger partial charge in [0.2, 0.25) is 0 Å². The van der Waals surface area contributed by atoms with Crippen molar-refractivity contribution < 1.29 is 9.53 Å². The molecule has 130 valence electrons. The normalized spacial score (nSPS) is 11.1. The molecule has 0 aliphatic carbocycles. The Hall–Kier alpha value is -3.04. The Labute approximate surface area is 157 Å². The summed E-state index contributed by atoms with van der Waals surface area (Å²) in [5.74, 6) is 1.47. The molecule has 3 aromatic carbocycles. The summed E-state index contributed by atoms with van der Waals surface area (Å²) in [6.45, 7) is 1.85. The van der Waals surface area contributed by atoms with E-state index in [-0.39, 0.29) is 5.78 Å². The van der Waals surface area contributed by atoms with Gasteiger partial charge in [-0.15, -0.1) is 0 Å². The minimum Gasteiger partial charge on any atom is -0.457 e. The largest absolute Gasteiger partial charge is 0.457 e. The average Bonchev–Trinajstić information content (AvgIpc) is 2.64. The van der Waals surface area contributed by atoms with Gasteiger partial charge in [0, 0.05) is 28.0 Å². The van der Waals surface area contributed by atoms with E-state index in [1.807, 2.05) is 61.5 Å². The standard InChI is InChI=1S/C22H18ClNO2/c1-16(15-22(25)17-7-9-18(23)10-8-17)24-19-11-13-21(14-12-19)26-20-5-3-2-4-6-20/h2-15,24H,1H3/b16-15+. The number of carbonyl (C=O) groups excluding carboxylic acids is 1. The molecular weight excluding hydrogens is 346 g/mol. The van der Waals surface area contributed by atoms with Crippen molar-refractivity contribution in [3.05, 3.63) is 101 Å². The summed E-state index contributed by atoms with van der Waals surface area (Å²) in [6, 6.07) is 24.0. The van der Waals surface area contributed by atoms with Crippen LogP contribution in [0.4, 0.5) is 5.69 Å². The maximum absolute atomic E-state index is 12.2. The van der Waals surface area contributed by atoms with Crippen LogP contribution in [0.5, 0.6) is 11.5 Å². The highest BCUT2D eigenvalue weighted by molar-refractivity contribution is 6.30. The van der Waals surface area contributed by atoms with E-state index in [4.69, 9.17) is 16.3 Å². The van der Waals surface area contributed by atoms with Crippen LogP contribution in [0.15, 0.2) is 90.6 Å². The molecular formula is C22H18ClNO2. The molecule has 0 heterocycles. The molecule has 0 aliphatic rings. The first kappa shape index (κ1) is 17.8. The molecule has 0 atom stereocenters. The van der Waals surface area contributed by atoms with Gasteiger partial charge in [0.1, 0.15) is 11.5 Å². The lowest BCUT2D eigenvalue weighted by atomic mass is 10.1. The Morgan fingerprint density at radius 1 is 0.885 bits per heavy atom. The molecule has 0 aliphatic heterocycles. The Morgan fingerprint density at radius 2 is 1.50 bits per heavy atom.